The maximum absolute atomic E-state index is 12.3. The highest BCUT2D eigenvalue weighted by Crippen LogP contribution is 2.25. The van der Waals surface area contributed by atoms with Gasteiger partial charge in [-0.05, 0) is 30.3 Å². The molecule has 3 aromatic rings. The number of carbonyl (C=O) groups excluding carboxylic acids is 1. The molecule has 3 rings (SSSR count). The fraction of sp³-hybridized carbons (Fsp3) is 0.263. The van der Waals surface area contributed by atoms with Gasteiger partial charge in [-0.1, -0.05) is 47.9 Å². The van der Waals surface area contributed by atoms with Crippen LogP contribution >= 0.6 is 15.9 Å². The molecule has 136 valence electrons. The maximum atomic E-state index is 12.3. The number of rotatable bonds is 5. The molecule has 0 saturated carbocycles. The lowest BCUT2D eigenvalue weighted by Gasteiger charge is -2.11. The Hall–Kier alpha value is -2.54. The van der Waals surface area contributed by atoms with Crippen LogP contribution in [0.4, 0.5) is 5.82 Å². The van der Waals surface area contributed by atoms with Gasteiger partial charge >= 0.3 is 0 Å². The number of amides is 1. The van der Waals surface area contributed by atoms with Crippen molar-refractivity contribution in [2.24, 2.45) is 0 Å². The third-order valence-electron chi connectivity index (χ3n) is 3.55. The summed E-state index contributed by atoms with van der Waals surface area (Å²) in [6.07, 6.45) is 0. The summed E-state index contributed by atoms with van der Waals surface area (Å²) in [5.41, 5.74) is -0.183. The van der Waals surface area contributed by atoms with Gasteiger partial charge in [0, 0.05) is 16.0 Å². The fourth-order valence-corrected chi connectivity index (χ4v) is 2.53. The predicted octanol–water partition coefficient (Wildman–Crippen LogP) is 5.16. The van der Waals surface area contributed by atoms with Crippen LogP contribution in [0.25, 0.3) is 0 Å². The third-order valence-corrected chi connectivity index (χ3v) is 4.05. The summed E-state index contributed by atoms with van der Waals surface area (Å²) in [6.45, 7) is 6.23. The molecule has 0 aliphatic carbocycles. The predicted molar refractivity (Wildman–Crippen MR) is 100 cm³/mol. The van der Waals surface area contributed by atoms with Crippen molar-refractivity contribution in [2.75, 3.05) is 5.32 Å². The van der Waals surface area contributed by atoms with Crippen molar-refractivity contribution in [1.29, 1.82) is 0 Å². The summed E-state index contributed by atoms with van der Waals surface area (Å²) in [5.74, 6) is 2.08. The molecule has 0 radical (unpaired) electrons. The van der Waals surface area contributed by atoms with Crippen LogP contribution in [0.1, 0.15) is 42.8 Å². The Morgan fingerprint density at radius 1 is 1.23 bits per heavy atom. The van der Waals surface area contributed by atoms with Crippen LogP contribution in [0.15, 0.2) is 55.9 Å². The molecule has 0 aliphatic heterocycles. The van der Waals surface area contributed by atoms with Gasteiger partial charge in [0.1, 0.15) is 23.9 Å². The number of aromatic nitrogens is 1. The van der Waals surface area contributed by atoms with Gasteiger partial charge in [0.2, 0.25) is 0 Å². The molecule has 1 N–H and O–H groups in total. The van der Waals surface area contributed by atoms with Crippen LogP contribution in [0, 0.1) is 0 Å². The highest BCUT2D eigenvalue weighted by atomic mass is 79.9. The minimum atomic E-state index is -0.396. The number of nitrogens with zero attached hydrogens (tertiary/aromatic N) is 1. The third kappa shape index (κ3) is 4.54. The van der Waals surface area contributed by atoms with Gasteiger partial charge < -0.3 is 19.0 Å². The lowest BCUT2D eigenvalue weighted by molar-refractivity contribution is 0.0991. The van der Waals surface area contributed by atoms with Crippen molar-refractivity contribution < 1.29 is 18.5 Å². The Balaban J connectivity index is 1.60. The van der Waals surface area contributed by atoms with E-state index >= 15 is 0 Å². The van der Waals surface area contributed by atoms with Gasteiger partial charge in [0.15, 0.2) is 11.6 Å². The summed E-state index contributed by atoms with van der Waals surface area (Å²) in [7, 11) is 0. The second-order valence-electron chi connectivity index (χ2n) is 6.79. The van der Waals surface area contributed by atoms with Gasteiger partial charge in [-0.3, -0.25) is 4.79 Å². The number of ether oxygens (including phenoxy) is 1. The molecule has 0 aliphatic rings. The summed E-state index contributed by atoms with van der Waals surface area (Å²) in [4.78, 5) is 12.3. The monoisotopic (exact) mass is 418 g/mol. The number of nitrogens with one attached hydrogen (secondary N) is 1. The first-order valence-corrected chi connectivity index (χ1v) is 8.86. The number of furan rings is 1. The molecule has 6 nitrogen and oxygen atoms in total. The molecule has 1 amide bonds. The van der Waals surface area contributed by atoms with Crippen molar-refractivity contribution in [3.05, 3.63) is 64.2 Å². The average Bonchev–Trinajstić information content (AvgIpc) is 3.22. The van der Waals surface area contributed by atoms with Crippen LogP contribution in [0.2, 0.25) is 0 Å². The van der Waals surface area contributed by atoms with Gasteiger partial charge in [-0.15, -0.1) is 0 Å². The summed E-state index contributed by atoms with van der Waals surface area (Å²) in [5, 5.41) is 6.52. The van der Waals surface area contributed by atoms with Crippen LogP contribution in [0.3, 0.4) is 0 Å². The number of carbonyl (C=O) groups is 1. The zero-order chi connectivity index (χ0) is 18.7. The first-order chi connectivity index (χ1) is 12.3. The molecule has 0 atom stereocenters. The molecular formula is C19H19BrN2O4. The standard InChI is InChI=1S/C19H19BrN2O4/c1-19(2,3)16-10-17(22-26-16)21-18(23)15-8-7-14(25-15)11-24-13-6-4-5-12(20)9-13/h4-10H,11H2,1-3H3,(H,21,22,23). The smallest absolute Gasteiger partial charge is 0.292 e. The Morgan fingerprint density at radius 2 is 2.04 bits per heavy atom. The lowest BCUT2D eigenvalue weighted by Crippen LogP contribution is -2.11. The summed E-state index contributed by atoms with van der Waals surface area (Å²) >= 11 is 3.39. The van der Waals surface area contributed by atoms with Crippen LogP contribution < -0.4 is 10.1 Å². The van der Waals surface area contributed by atoms with Crippen LogP contribution in [-0.2, 0) is 12.0 Å². The van der Waals surface area contributed by atoms with Gasteiger partial charge in [-0.2, -0.15) is 0 Å². The number of benzene rings is 1. The number of hydrogen-bond acceptors (Lipinski definition) is 5. The van der Waals surface area contributed by atoms with Crippen molar-refractivity contribution in [2.45, 2.75) is 32.8 Å². The van der Waals surface area contributed by atoms with Gasteiger partial charge in [-0.25, -0.2) is 0 Å². The average molecular weight is 419 g/mol. The summed E-state index contributed by atoms with van der Waals surface area (Å²) in [6, 6.07) is 12.5. The van der Waals surface area contributed by atoms with E-state index in [1.807, 2.05) is 45.0 Å². The van der Waals surface area contributed by atoms with Crippen molar-refractivity contribution in [1.82, 2.24) is 5.16 Å². The van der Waals surface area contributed by atoms with Crippen LogP contribution in [-0.4, -0.2) is 11.1 Å². The number of anilines is 1. The highest BCUT2D eigenvalue weighted by Gasteiger charge is 2.21. The first-order valence-electron chi connectivity index (χ1n) is 8.07. The molecule has 0 fully saturated rings. The molecule has 7 heteroatoms. The minimum absolute atomic E-state index is 0.179. The van der Waals surface area contributed by atoms with E-state index < -0.39 is 5.91 Å². The van der Waals surface area contributed by atoms with Gasteiger partial charge in [0.05, 0.1) is 0 Å². The normalized spacial score (nSPS) is 11.4. The van der Waals surface area contributed by atoms with E-state index in [4.69, 9.17) is 13.7 Å². The Kier molecular flexibility index (Phi) is 5.18. The lowest BCUT2D eigenvalue weighted by atomic mass is 9.93. The summed E-state index contributed by atoms with van der Waals surface area (Å²) < 4.78 is 17.4. The van der Waals surface area contributed by atoms with Crippen LogP contribution in [0.5, 0.6) is 5.75 Å². The van der Waals surface area contributed by atoms with E-state index in [0.29, 0.717) is 23.1 Å². The van der Waals surface area contributed by atoms with Crippen molar-refractivity contribution in [3.63, 3.8) is 0 Å². The molecule has 0 bridgehead atoms. The first kappa shape index (κ1) is 18.3. The number of halogens is 1. The molecule has 26 heavy (non-hydrogen) atoms. The maximum Gasteiger partial charge on any atom is 0.292 e. The quantitative estimate of drug-likeness (QED) is 0.618. The molecule has 1 aromatic carbocycles. The Morgan fingerprint density at radius 3 is 2.73 bits per heavy atom. The number of hydrogen-bond donors (Lipinski definition) is 1. The topological polar surface area (TPSA) is 77.5 Å². The van der Waals surface area contributed by atoms with E-state index in [2.05, 4.69) is 26.4 Å². The van der Waals surface area contributed by atoms with Gasteiger partial charge in [0.25, 0.3) is 5.91 Å². The zero-order valence-electron chi connectivity index (χ0n) is 14.7. The fourth-order valence-electron chi connectivity index (χ4n) is 2.15. The Labute approximate surface area is 159 Å². The zero-order valence-corrected chi connectivity index (χ0v) is 16.3. The Bertz CT molecular complexity index is 908. The molecule has 0 spiro atoms. The van der Waals surface area contributed by atoms with Crippen molar-refractivity contribution >= 4 is 27.7 Å². The van der Waals surface area contributed by atoms with E-state index in [-0.39, 0.29) is 17.8 Å². The molecule has 2 aromatic heterocycles. The second-order valence-corrected chi connectivity index (χ2v) is 7.71. The van der Waals surface area contributed by atoms with E-state index in [1.165, 1.54) is 0 Å². The minimum Gasteiger partial charge on any atom is -0.486 e. The van der Waals surface area contributed by atoms with E-state index in [9.17, 15) is 4.79 Å². The van der Waals surface area contributed by atoms with E-state index in [1.54, 1.807) is 18.2 Å². The molecule has 2 heterocycles. The molecule has 0 unspecified atom stereocenters. The highest BCUT2D eigenvalue weighted by molar-refractivity contribution is 9.10. The molecule has 0 saturated heterocycles. The van der Waals surface area contributed by atoms with E-state index in [0.717, 1.165) is 4.47 Å². The molecular weight excluding hydrogens is 400 g/mol. The van der Waals surface area contributed by atoms with Crippen molar-refractivity contribution in [3.8, 4) is 5.75 Å². The second kappa shape index (κ2) is 7.37. The SMILES string of the molecule is CC(C)(C)c1cc(NC(=O)c2ccc(COc3cccc(Br)c3)o2)no1. The largest absolute Gasteiger partial charge is 0.486 e.